The molecule has 0 aliphatic carbocycles. The minimum Gasteiger partial charge on any atom is -0.508 e. The van der Waals surface area contributed by atoms with Crippen molar-refractivity contribution < 1.29 is 23.4 Å². The average Bonchev–Trinajstić information content (AvgIpc) is 2.61. The van der Waals surface area contributed by atoms with E-state index in [0.717, 1.165) is 0 Å². The molecule has 0 unspecified atom stereocenters. The van der Waals surface area contributed by atoms with Gasteiger partial charge in [0, 0.05) is 0 Å². The van der Waals surface area contributed by atoms with Gasteiger partial charge in [-0.3, -0.25) is 0 Å². The van der Waals surface area contributed by atoms with Crippen LogP contribution in [-0.4, -0.2) is 11.4 Å². The van der Waals surface area contributed by atoms with E-state index >= 15 is 0 Å². The Labute approximate surface area is 101 Å². The number of aromatic hydroxyl groups is 1. The van der Waals surface area contributed by atoms with Crippen molar-refractivity contribution in [1.29, 1.82) is 0 Å². The van der Waals surface area contributed by atoms with Crippen LogP contribution in [0.3, 0.4) is 0 Å². The molecule has 0 fully saturated rings. The standard InChI is InChI=1S/C13H8F2O3/c14-13(15)17-11-5-4-9(7-12(11)18-13)8-2-1-3-10(16)6-8/h1-7,16H. The molecule has 2 aromatic rings. The number of phenolic OH excluding ortho intramolecular Hbond substituents is 1. The third kappa shape index (κ3) is 1.84. The highest BCUT2D eigenvalue weighted by atomic mass is 19.3. The number of hydrogen-bond donors (Lipinski definition) is 1. The van der Waals surface area contributed by atoms with Crippen molar-refractivity contribution in [3.8, 4) is 28.4 Å². The molecule has 3 rings (SSSR count). The highest BCUT2D eigenvalue weighted by molar-refractivity contribution is 5.68. The molecule has 0 aromatic heterocycles. The molecule has 1 heterocycles. The second-order valence-electron chi connectivity index (χ2n) is 3.88. The molecule has 3 nitrogen and oxygen atoms in total. The summed E-state index contributed by atoms with van der Waals surface area (Å²) in [5.74, 6) is 0.0974. The maximum absolute atomic E-state index is 12.9. The number of benzene rings is 2. The first kappa shape index (κ1) is 10.8. The summed E-state index contributed by atoms with van der Waals surface area (Å²) in [6, 6.07) is 11.0. The summed E-state index contributed by atoms with van der Waals surface area (Å²) in [6.07, 6.45) is -3.61. The third-order valence-corrected chi connectivity index (χ3v) is 2.58. The largest absolute Gasteiger partial charge is 0.586 e. The van der Waals surface area contributed by atoms with Gasteiger partial charge < -0.3 is 14.6 Å². The predicted octanol–water partition coefficient (Wildman–Crippen LogP) is 3.38. The van der Waals surface area contributed by atoms with Gasteiger partial charge in [-0.05, 0) is 35.4 Å². The number of ether oxygens (including phenoxy) is 2. The second kappa shape index (κ2) is 3.60. The zero-order valence-electron chi connectivity index (χ0n) is 9.06. The topological polar surface area (TPSA) is 38.7 Å². The molecular formula is C13H8F2O3. The summed E-state index contributed by atoms with van der Waals surface area (Å²) in [4.78, 5) is 0. The second-order valence-corrected chi connectivity index (χ2v) is 3.88. The van der Waals surface area contributed by atoms with Gasteiger partial charge in [0.15, 0.2) is 11.5 Å². The van der Waals surface area contributed by atoms with E-state index in [9.17, 15) is 13.9 Å². The van der Waals surface area contributed by atoms with E-state index in [0.29, 0.717) is 11.1 Å². The van der Waals surface area contributed by atoms with Gasteiger partial charge in [0.1, 0.15) is 5.75 Å². The molecule has 0 spiro atoms. The molecule has 0 atom stereocenters. The van der Waals surface area contributed by atoms with Crippen LogP contribution in [-0.2, 0) is 0 Å². The maximum Gasteiger partial charge on any atom is 0.586 e. The Morgan fingerprint density at radius 3 is 2.39 bits per heavy atom. The Balaban J connectivity index is 2.02. The average molecular weight is 250 g/mol. The number of fused-ring (bicyclic) bond motifs is 1. The fraction of sp³-hybridized carbons (Fsp3) is 0.0769. The van der Waals surface area contributed by atoms with Gasteiger partial charge in [-0.25, -0.2) is 0 Å². The summed E-state index contributed by atoms with van der Waals surface area (Å²) in [6.45, 7) is 0. The molecule has 0 saturated heterocycles. The Morgan fingerprint density at radius 1 is 0.889 bits per heavy atom. The van der Waals surface area contributed by atoms with Gasteiger partial charge in [0.2, 0.25) is 0 Å². The lowest BCUT2D eigenvalue weighted by molar-refractivity contribution is -0.286. The van der Waals surface area contributed by atoms with E-state index in [1.807, 2.05) is 0 Å². The number of alkyl halides is 2. The Kier molecular flexibility index (Phi) is 2.16. The Hall–Kier alpha value is -2.30. The van der Waals surface area contributed by atoms with Gasteiger partial charge in [0.05, 0.1) is 0 Å². The summed E-state index contributed by atoms with van der Waals surface area (Å²) in [5, 5.41) is 9.37. The molecule has 0 bridgehead atoms. The van der Waals surface area contributed by atoms with Crippen LogP contribution in [0.5, 0.6) is 17.2 Å². The predicted molar refractivity (Wildman–Crippen MR) is 59.7 cm³/mol. The molecule has 18 heavy (non-hydrogen) atoms. The molecule has 92 valence electrons. The molecule has 0 amide bonds. The first-order valence-corrected chi connectivity index (χ1v) is 5.23. The summed E-state index contributed by atoms with van der Waals surface area (Å²) >= 11 is 0. The van der Waals surface area contributed by atoms with E-state index in [-0.39, 0.29) is 17.2 Å². The highest BCUT2D eigenvalue weighted by Crippen LogP contribution is 2.43. The highest BCUT2D eigenvalue weighted by Gasteiger charge is 2.43. The lowest BCUT2D eigenvalue weighted by atomic mass is 10.1. The van der Waals surface area contributed by atoms with Crippen LogP contribution >= 0.6 is 0 Å². The molecule has 2 aromatic carbocycles. The zero-order chi connectivity index (χ0) is 12.8. The summed E-state index contributed by atoms with van der Waals surface area (Å²) in [5.41, 5.74) is 1.36. The van der Waals surface area contributed by atoms with Gasteiger partial charge in [0.25, 0.3) is 0 Å². The number of hydrogen-bond acceptors (Lipinski definition) is 3. The van der Waals surface area contributed by atoms with Crippen LogP contribution in [0.15, 0.2) is 42.5 Å². The van der Waals surface area contributed by atoms with Crippen LogP contribution < -0.4 is 9.47 Å². The van der Waals surface area contributed by atoms with Crippen molar-refractivity contribution in [2.24, 2.45) is 0 Å². The van der Waals surface area contributed by atoms with E-state index in [1.165, 1.54) is 24.3 Å². The van der Waals surface area contributed by atoms with Crippen LogP contribution in [0, 0.1) is 0 Å². The molecular weight excluding hydrogens is 242 g/mol. The van der Waals surface area contributed by atoms with Gasteiger partial charge in [-0.2, -0.15) is 0 Å². The smallest absolute Gasteiger partial charge is 0.508 e. The zero-order valence-corrected chi connectivity index (χ0v) is 9.06. The monoisotopic (exact) mass is 250 g/mol. The number of rotatable bonds is 1. The van der Waals surface area contributed by atoms with E-state index in [4.69, 9.17) is 0 Å². The van der Waals surface area contributed by atoms with Crippen LogP contribution in [0.4, 0.5) is 8.78 Å². The SMILES string of the molecule is Oc1cccc(-c2ccc3c(c2)OC(F)(F)O3)c1. The van der Waals surface area contributed by atoms with Crippen molar-refractivity contribution in [3.05, 3.63) is 42.5 Å². The lowest BCUT2D eigenvalue weighted by Crippen LogP contribution is -2.25. The summed E-state index contributed by atoms with van der Waals surface area (Å²) < 4.78 is 34.4. The van der Waals surface area contributed by atoms with Crippen LogP contribution in [0.2, 0.25) is 0 Å². The quantitative estimate of drug-likeness (QED) is 0.843. The fourth-order valence-electron chi connectivity index (χ4n) is 1.81. The number of phenols is 1. The summed E-state index contributed by atoms with van der Waals surface area (Å²) in [7, 11) is 0. The molecule has 5 heteroatoms. The van der Waals surface area contributed by atoms with E-state index in [2.05, 4.69) is 9.47 Å². The molecule has 1 aliphatic rings. The van der Waals surface area contributed by atoms with Gasteiger partial charge in [-0.1, -0.05) is 18.2 Å². The molecule has 1 aliphatic heterocycles. The van der Waals surface area contributed by atoms with E-state index in [1.54, 1.807) is 18.2 Å². The van der Waals surface area contributed by atoms with Crippen molar-refractivity contribution >= 4 is 0 Å². The maximum atomic E-state index is 12.9. The lowest BCUT2D eigenvalue weighted by Gasteiger charge is -2.04. The Morgan fingerprint density at radius 2 is 1.61 bits per heavy atom. The van der Waals surface area contributed by atoms with Crippen molar-refractivity contribution in [2.75, 3.05) is 0 Å². The van der Waals surface area contributed by atoms with Crippen molar-refractivity contribution in [1.82, 2.24) is 0 Å². The minimum atomic E-state index is -3.61. The molecule has 0 saturated carbocycles. The van der Waals surface area contributed by atoms with E-state index < -0.39 is 6.29 Å². The van der Waals surface area contributed by atoms with Gasteiger partial charge >= 0.3 is 6.29 Å². The minimum absolute atomic E-state index is 0.00361. The van der Waals surface area contributed by atoms with Gasteiger partial charge in [-0.15, -0.1) is 8.78 Å². The number of halogens is 2. The molecule has 1 N–H and O–H groups in total. The third-order valence-electron chi connectivity index (χ3n) is 2.58. The molecule has 0 radical (unpaired) electrons. The Bertz CT molecular complexity index is 611. The first-order valence-electron chi connectivity index (χ1n) is 5.23. The normalized spacial score (nSPS) is 15.7. The first-order chi connectivity index (χ1) is 8.53. The van der Waals surface area contributed by atoms with Crippen LogP contribution in [0.1, 0.15) is 0 Å². The van der Waals surface area contributed by atoms with Crippen LogP contribution in [0.25, 0.3) is 11.1 Å². The fourth-order valence-corrected chi connectivity index (χ4v) is 1.81. The van der Waals surface area contributed by atoms with Crippen molar-refractivity contribution in [3.63, 3.8) is 0 Å². The van der Waals surface area contributed by atoms with Crippen molar-refractivity contribution in [2.45, 2.75) is 6.29 Å².